The summed E-state index contributed by atoms with van der Waals surface area (Å²) in [5.74, 6) is 0.539. The van der Waals surface area contributed by atoms with Crippen LogP contribution < -0.4 is 0 Å². The minimum atomic E-state index is -0.155. The molecule has 0 heterocycles. The van der Waals surface area contributed by atoms with Gasteiger partial charge in [-0.25, -0.2) is 0 Å². The monoisotopic (exact) mass is 428 g/mol. The zero-order chi connectivity index (χ0) is 23.9. The van der Waals surface area contributed by atoms with Crippen molar-refractivity contribution in [3.63, 3.8) is 0 Å². The average molecular weight is 429 g/mol. The summed E-state index contributed by atoms with van der Waals surface area (Å²) in [6, 6.07) is 24.2. The van der Waals surface area contributed by atoms with Gasteiger partial charge in [0.2, 0.25) is 0 Å². The van der Waals surface area contributed by atoms with E-state index < -0.39 is 0 Å². The molecule has 170 valence electrons. The van der Waals surface area contributed by atoms with Gasteiger partial charge >= 0.3 is 0 Å². The minimum Gasteiger partial charge on any atom is -0.507 e. The molecule has 0 aliphatic rings. The van der Waals surface area contributed by atoms with Crippen LogP contribution in [0.15, 0.2) is 66.7 Å². The van der Waals surface area contributed by atoms with Crippen LogP contribution in [0, 0.1) is 0 Å². The third kappa shape index (κ3) is 5.09. The highest BCUT2D eigenvalue weighted by Gasteiger charge is 2.29. The summed E-state index contributed by atoms with van der Waals surface area (Å²) in [6.07, 6.45) is 0. The predicted molar refractivity (Wildman–Crippen MR) is 138 cm³/mol. The Morgan fingerprint density at radius 3 is 1.38 bits per heavy atom. The number of aromatic hydroxyl groups is 1. The fourth-order valence-corrected chi connectivity index (χ4v) is 4.37. The molecular weight excluding hydrogens is 388 g/mol. The van der Waals surface area contributed by atoms with E-state index in [1.807, 2.05) is 0 Å². The molecule has 0 fully saturated rings. The summed E-state index contributed by atoms with van der Waals surface area (Å²) in [5, 5.41) is 11.2. The summed E-state index contributed by atoms with van der Waals surface area (Å²) in [4.78, 5) is 0. The zero-order valence-corrected chi connectivity index (χ0v) is 21.4. The van der Waals surface area contributed by atoms with Gasteiger partial charge in [0.1, 0.15) is 5.75 Å². The lowest BCUT2D eigenvalue weighted by Gasteiger charge is -2.30. The van der Waals surface area contributed by atoms with Gasteiger partial charge in [-0.2, -0.15) is 0 Å². The summed E-state index contributed by atoms with van der Waals surface area (Å²) < 4.78 is 0. The van der Waals surface area contributed by atoms with Gasteiger partial charge in [-0.1, -0.05) is 129 Å². The van der Waals surface area contributed by atoms with Gasteiger partial charge < -0.3 is 5.11 Å². The van der Waals surface area contributed by atoms with Crippen molar-refractivity contribution in [1.82, 2.24) is 0 Å². The second-order valence-electron chi connectivity index (χ2n) is 12.2. The van der Waals surface area contributed by atoms with E-state index in [9.17, 15) is 5.11 Å². The number of benzene rings is 3. The van der Waals surface area contributed by atoms with E-state index in [2.05, 4.69) is 129 Å². The van der Waals surface area contributed by atoms with Crippen LogP contribution in [0.4, 0.5) is 0 Å². The quantitative estimate of drug-likeness (QED) is 0.415. The van der Waals surface area contributed by atoms with Gasteiger partial charge in [0.15, 0.2) is 0 Å². The van der Waals surface area contributed by atoms with E-state index in [-0.39, 0.29) is 22.2 Å². The molecule has 1 heteroatoms. The molecular formula is C31H40O. The second-order valence-corrected chi connectivity index (χ2v) is 12.2. The van der Waals surface area contributed by atoms with Crippen LogP contribution in [0.5, 0.6) is 5.75 Å². The van der Waals surface area contributed by atoms with E-state index in [0.29, 0.717) is 5.75 Å². The number of phenolic OH excluding ortho intramolecular Hbond substituents is 1. The number of phenols is 1. The summed E-state index contributed by atoms with van der Waals surface area (Å²) in [7, 11) is 0. The number of rotatable bonds is 3. The first-order chi connectivity index (χ1) is 14.7. The van der Waals surface area contributed by atoms with E-state index >= 15 is 0 Å². The van der Waals surface area contributed by atoms with E-state index in [1.54, 1.807) is 0 Å². The van der Waals surface area contributed by atoms with Crippen LogP contribution in [0.1, 0.15) is 102 Å². The highest BCUT2D eigenvalue weighted by Crippen LogP contribution is 2.43. The Labute approximate surface area is 195 Å². The van der Waals surface area contributed by atoms with Crippen molar-refractivity contribution in [2.75, 3.05) is 0 Å². The predicted octanol–water partition coefficient (Wildman–Crippen LogP) is 8.46. The van der Waals surface area contributed by atoms with Gasteiger partial charge in [-0.3, -0.25) is 0 Å². The lowest BCUT2D eigenvalue weighted by Crippen LogP contribution is -2.19. The molecule has 0 aliphatic heterocycles. The molecule has 0 bridgehead atoms. The molecule has 32 heavy (non-hydrogen) atoms. The lowest BCUT2D eigenvalue weighted by molar-refractivity contribution is 0.422. The standard InChI is InChI=1S/C31H40O/c1-29(2,3)24-17-15-22(16-18-24)27(21-13-11-10-12-14-21)23-19-25(30(4,5)6)28(32)26(20-23)31(7,8)9/h10-20,27,32H,1-9H3. The number of hydrogen-bond donors (Lipinski definition) is 1. The molecule has 1 atom stereocenters. The molecule has 1 unspecified atom stereocenters. The molecule has 1 N–H and O–H groups in total. The van der Waals surface area contributed by atoms with Crippen molar-refractivity contribution >= 4 is 0 Å². The molecule has 1 nitrogen and oxygen atoms in total. The van der Waals surface area contributed by atoms with Crippen LogP contribution in [-0.2, 0) is 16.2 Å². The maximum Gasteiger partial charge on any atom is 0.123 e. The van der Waals surface area contributed by atoms with Crippen LogP contribution >= 0.6 is 0 Å². The van der Waals surface area contributed by atoms with Crippen LogP contribution in [0.2, 0.25) is 0 Å². The molecule has 3 rings (SSSR count). The van der Waals surface area contributed by atoms with Crippen molar-refractivity contribution in [2.45, 2.75) is 84.5 Å². The molecule has 0 saturated carbocycles. The lowest BCUT2D eigenvalue weighted by atomic mass is 9.75. The molecule has 0 aliphatic carbocycles. The smallest absolute Gasteiger partial charge is 0.123 e. The topological polar surface area (TPSA) is 20.2 Å². The zero-order valence-electron chi connectivity index (χ0n) is 21.4. The van der Waals surface area contributed by atoms with Crippen LogP contribution in [0.25, 0.3) is 0 Å². The first-order valence-corrected chi connectivity index (χ1v) is 11.7. The van der Waals surface area contributed by atoms with Crippen molar-refractivity contribution in [1.29, 1.82) is 0 Å². The van der Waals surface area contributed by atoms with Gasteiger partial charge in [-0.05, 0) is 49.6 Å². The molecule has 0 radical (unpaired) electrons. The minimum absolute atomic E-state index is 0.105. The Kier molecular flexibility index (Phi) is 6.35. The summed E-state index contributed by atoms with van der Waals surface area (Å²) in [5.41, 5.74) is 6.93. The fraction of sp³-hybridized carbons (Fsp3) is 0.419. The molecule has 0 spiro atoms. The summed E-state index contributed by atoms with van der Waals surface area (Å²) in [6.45, 7) is 19.8. The largest absolute Gasteiger partial charge is 0.507 e. The molecule has 0 amide bonds. The normalized spacial score (nSPS) is 13.8. The first-order valence-electron chi connectivity index (χ1n) is 11.7. The molecule has 0 aromatic heterocycles. The second kappa shape index (κ2) is 8.43. The SMILES string of the molecule is CC(C)(C)c1ccc(C(c2ccccc2)c2cc(C(C)(C)C)c(O)c(C(C)(C)C)c2)cc1. The molecule has 0 saturated heterocycles. The van der Waals surface area contributed by atoms with Gasteiger partial charge in [0, 0.05) is 5.92 Å². The van der Waals surface area contributed by atoms with Crippen molar-refractivity contribution in [3.05, 3.63) is 100 Å². The van der Waals surface area contributed by atoms with E-state index in [4.69, 9.17) is 0 Å². The van der Waals surface area contributed by atoms with Gasteiger partial charge in [0.25, 0.3) is 0 Å². The Hall–Kier alpha value is -2.54. The maximum atomic E-state index is 11.2. The first kappa shape index (κ1) is 24.1. The van der Waals surface area contributed by atoms with Crippen LogP contribution in [-0.4, -0.2) is 5.11 Å². The van der Waals surface area contributed by atoms with Crippen molar-refractivity contribution in [2.24, 2.45) is 0 Å². The van der Waals surface area contributed by atoms with Gasteiger partial charge in [0.05, 0.1) is 0 Å². The fourth-order valence-electron chi connectivity index (χ4n) is 4.37. The van der Waals surface area contributed by atoms with Gasteiger partial charge in [-0.15, -0.1) is 0 Å². The highest BCUT2D eigenvalue weighted by molar-refractivity contribution is 5.54. The molecule has 3 aromatic carbocycles. The van der Waals surface area contributed by atoms with Crippen molar-refractivity contribution < 1.29 is 5.11 Å². The molecule has 3 aromatic rings. The third-order valence-electron chi connectivity index (χ3n) is 6.32. The maximum absolute atomic E-state index is 11.2. The number of hydrogen-bond acceptors (Lipinski definition) is 1. The summed E-state index contributed by atoms with van der Waals surface area (Å²) >= 11 is 0. The Bertz CT molecular complexity index is 1020. The Balaban J connectivity index is 2.29. The Morgan fingerprint density at radius 2 is 0.969 bits per heavy atom. The van der Waals surface area contributed by atoms with E-state index in [1.165, 1.54) is 22.3 Å². The van der Waals surface area contributed by atoms with E-state index in [0.717, 1.165) is 11.1 Å². The third-order valence-corrected chi connectivity index (χ3v) is 6.32. The average Bonchev–Trinajstić information content (AvgIpc) is 2.68. The van der Waals surface area contributed by atoms with Crippen LogP contribution in [0.3, 0.4) is 0 Å². The highest BCUT2D eigenvalue weighted by atomic mass is 16.3. The van der Waals surface area contributed by atoms with Crippen molar-refractivity contribution in [3.8, 4) is 5.75 Å². The Morgan fingerprint density at radius 1 is 0.531 bits per heavy atom.